The summed E-state index contributed by atoms with van der Waals surface area (Å²) in [6.07, 6.45) is -1.45. The molecular formula is C3H11NaO9P2. The first kappa shape index (κ1) is 18.5. The number of phosphoric acid groups is 2. The van der Waals surface area contributed by atoms with Crippen molar-refractivity contribution in [1.29, 1.82) is 0 Å². The Morgan fingerprint density at radius 3 is 1.73 bits per heavy atom. The predicted octanol–water partition coefficient (Wildman–Crippen LogP) is -2.08. The zero-order chi connectivity index (χ0) is 11.4. The second kappa shape index (κ2) is 7.50. The van der Waals surface area contributed by atoms with Crippen LogP contribution in [0.1, 0.15) is 0 Å². The van der Waals surface area contributed by atoms with E-state index in [0.717, 1.165) is 0 Å². The first-order valence-electron chi connectivity index (χ1n) is 3.20. The first-order chi connectivity index (χ1) is 6.20. The number of hydrogen-bond acceptors (Lipinski definition) is 6. The van der Waals surface area contributed by atoms with Gasteiger partial charge in [0.25, 0.3) is 0 Å². The van der Waals surface area contributed by atoms with E-state index in [1.165, 1.54) is 0 Å². The molecule has 15 heavy (non-hydrogen) atoms. The van der Waals surface area contributed by atoms with Gasteiger partial charge in [0.15, 0.2) is 0 Å². The summed E-state index contributed by atoms with van der Waals surface area (Å²) in [4.78, 5) is 25.0. The normalized spacial score (nSPS) is 15.9. The Bertz CT molecular complexity index is 258. The van der Waals surface area contributed by atoms with Gasteiger partial charge in [0.05, 0.1) is 13.2 Å². The molecule has 0 aliphatic heterocycles. The van der Waals surface area contributed by atoms with E-state index in [4.69, 9.17) is 24.9 Å². The minimum atomic E-state index is -5.17. The Labute approximate surface area is 107 Å². The third kappa shape index (κ3) is 10.1. The van der Waals surface area contributed by atoms with E-state index < -0.39 is 35.0 Å². The monoisotopic (exact) mass is 276 g/mol. The molecule has 5 N–H and O–H groups in total. The fourth-order valence-electron chi connectivity index (χ4n) is 0.466. The van der Waals surface area contributed by atoms with Crippen molar-refractivity contribution in [2.45, 2.75) is 6.10 Å². The van der Waals surface area contributed by atoms with Crippen LogP contribution in [0.15, 0.2) is 0 Å². The van der Waals surface area contributed by atoms with Crippen LogP contribution in [0.25, 0.3) is 0 Å². The van der Waals surface area contributed by atoms with Gasteiger partial charge in [-0.2, -0.15) is 4.31 Å². The molecule has 0 heterocycles. The average Bonchev–Trinajstić information content (AvgIpc) is 1.95. The summed E-state index contributed by atoms with van der Waals surface area (Å²) in [5, 5.41) is 16.8. The molecule has 0 spiro atoms. The van der Waals surface area contributed by atoms with E-state index in [1.54, 1.807) is 0 Å². The third-order valence-corrected chi connectivity index (χ3v) is 3.14. The summed E-state index contributed by atoms with van der Waals surface area (Å²) < 4.78 is 28.3. The van der Waals surface area contributed by atoms with Gasteiger partial charge < -0.3 is 24.9 Å². The standard InChI is InChI=1S/C3H10O9P2.Na.H/c4-1-3(2-5)11-14(9,10)12-13(6,7)8;;/h3-5H,1-2H2,(H,9,10)(H2,6,7,8);;. The molecule has 0 aromatic rings. The van der Waals surface area contributed by atoms with Gasteiger partial charge in [-0.15, -0.1) is 0 Å². The molecule has 12 heteroatoms. The van der Waals surface area contributed by atoms with E-state index in [2.05, 4.69) is 8.83 Å². The van der Waals surface area contributed by atoms with E-state index in [9.17, 15) is 9.13 Å². The average molecular weight is 276 g/mol. The molecule has 0 rings (SSSR count). The number of aliphatic hydroxyl groups excluding tert-OH is 2. The van der Waals surface area contributed by atoms with Gasteiger partial charge in [0.1, 0.15) is 6.10 Å². The third-order valence-electron chi connectivity index (χ3n) is 0.899. The van der Waals surface area contributed by atoms with Gasteiger partial charge in [-0.3, -0.25) is 4.52 Å². The molecule has 0 fully saturated rings. The van der Waals surface area contributed by atoms with Gasteiger partial charge in [-0.25, -0.2) is 9.13 Å². The summed E-state index contributed by atoms with van der Waals surface area (Å²) in [6.45, 7) is -1.60. The molecule has 0 aliphatic carbocycles. The SMILES string of the molecule is O=P(O)(O)OP(=O)(O)OC(CO)CO.[NaH]. The molecule has 1 atom stereocenters. The maximum absolute atomic E-state index is 10.8. The topological polar surface area (TPSA) is 154 Å². The van der Waals surface area contributed by atoms with Crippen LogP contribution in [-0.4, -0.2) is 73.8 Å². The minimum absolute atomic E-state index is 0. The van der Waals surface area contributed by atoms with Crippen molar-refractivity contribution in [1.82, 2.24) is 0 Å². The summed E-state index contributed by atoms with van der Waals surface area (Å²) in [7, 11) is -10.2. The number of hydrogen-bond donors (Lipinski definition) is 5. The maximum atomic E-state index is 10.8. The summed E-state index contributed by atoms with van der Waals surface area (Å²) in [5.74, 6) is 0. The van der Waals surface area contributed by atoms with Crippen molar-refractivity contribution in [3.8, 4) is 0 Å². The van der Waals surface area contributed by atoms with Gasteiger partial charge in [0, 0.05) is 0 Å². The molecule has 0 aliphatic rings. The fraction of sp³-hybridized carbons (Fsp3) is 1.00. The molecule has 9 nitrogen and oxygen atoms in total. The Balaban J connectivity index is 0. The molecule has 1 unspecified atom stereocenters. The van der Waals surface area contributed by atoms with Crippen molar-refractivity contribution in [2.75, 3.05) is 13.2 Å². The molecule has 0 amide bonds. The van der Waals surface area contributed by atoms with Crippen LogP contribution in [0.3, 0.4) is 0 Å². The van der Waals surface area contributed by atoms with E-state index in [1.807, 2.05) is 0 Å². The van der Waals surface area contributed by atoms with Crippen molar-refractivity contribution >= 4 is 45.2 Å². The zero-order valence-electron chi connectivity index (χ0n) is 6.76. The summed E-state index contributed by atoms with van der Waals surface area (Å²) in [6, 6.07) is 0. The Hall–Kier alpha value is 1.18. The second-order valence-corrected chi connectivity index (χ2v) is 4.92. The van der Waals surface area contributed by atoms with Crippen LogP contribution in [0.4, 0.5) is 0 Å². The molecule has 0 saturated heterocycles. The number of phosphoric ester groups is 1. The van der Waals surface area contributed by atoms with Crippen LogP contribution in [0.5, 0.6) is 0 Å². The van der Waals surface area contributed by atoms with Crippen LogP contribution >= 0.6 is 15.6 Å². The number of rotatable bonds is 6. The molecule has 0 aromatic carbocycles. The van der Waals surface area contributed by atoms with Gasteiger partial charge in [-0.05, 0) is 0 Å². The summed E-state index contributed by atoms with van der Waals surface area (Å²) in [5.41, 5.74) is 0. The van der Waals surface area contributed by atoms with Crippen LogP contribution in [0, 0.1) is 0 Å². The second-order valence-electron chi connectivity index (χ2n) is 2.13. The van der Waals surface area contributed by atoms with Crippen LogP contribution in [-0.2, 0) is 18.0 Å². The van der Waals surface area contributed by atoms with Crippen molar-refractivity contribution in [2.24, 2.45) is 0 Å². The molecule has 0 radical (unpaired) electrons. The van der Waals surface area contributed by atoms with Crippen LogP contribution in [0.2, 0.25) is 0 Å². The van der Waals surface area contributed by atoms with Crippen molar-refractivity contribution in [3.63, 3.8) is 0 Å². The Kier molecular flexibility index (Phi) is 9.27. The summed E-state index contributed by atoms with van der Waals surface area (Å²) >= 11 is 0. The Morgan fingerprint density at radius 2 is 1.47 bits per heavy atom. The predicted molar refractivity (Wildman–Crippen MR) is 49.1 cm³/mol. The van der Waals surface area contributed by atoms with E-state index in [0.29, 0.717) is 0 Å². The Morgan fingerprint density at radius 1 is 1.07 bits per heavy atom. The quantitative estimate of drug-likeness (QED) is 0.271. The van der Waals surface area contributed by atoms with Crippen molar-refractivity contribution < 1.29 is 42.9 Å². The van der Waals surface area contributed by atoms with Crippen LogP contribution < -0.4 is 0 Å². The molecule has 0 aromatic heterocycles. The zero-order valence-corrected chi connectivity index (χ0v) is 8.54. The molecule has 0 saturated carbocycles. The van der Waals surface area contributed by atoms with E-state index in [-0.39, 0.29) is 29.6 Å². The molecule has 88 valence electrons. The van der Waals surface area contributed by atoms with Gasteiger partial charge in [-0.1, -0.05) is 0 Å². The van der Waals surface area contributed by atoms with E-state index >= 15 is 0 Å². The van der Waals surface area contributed by atoms with Gasteiger partial charge >= 0.3 is 45.2 Å². The number of aliphatic hydroxyl groups is 2. The first-order valence-corrected chi connectivity index (χ1v) is 6.22. The fourth-order valence-corrected chi connectivity index (χ4v) is 2.21. The molecule has 0 bridgehead atoms. The van der Waals surface area contributed by atoms with Crippen molar-refractivity contribution in [3.05, 3.63) is 0 Å². The van der Waals surface area contributed by atoms with Gasteiger partial charge in [0.2, 0.25) is 0 Å². The molecular weight excluding hydrogens is 265 g/mol.